The van der Waals surface area contributed by atoms with Gasteiger partial charge in [0.2, 0.25) is 11.1 Å². The van der Waals surface area contributed by atoms with E-state index in [-0.39, 0.29) is 11.2 Å². The van der Waals surface area contributed by atoms with Crippen LogP contribution in [-0.2, 0) is 9.53 Å². The first-order valence-electron chi connectivity index (χ1n) is 7.99. The predicted molar refractivity (Wildman–Crippen MR) is 93.3 cm³/mol. The largest absolute Gasteiger partial charge is 0.382 e. The first kappa shape index (κ1) is 18.4. The van der Waals surface area contributed by atoms with Crippen LogP contribution in [0.2, 0.25) is 0 Å². The fourth-order valence-corrected chi connectivity index (χ4v) is 2.82. The lowest BCUT2D eigenvalue weighted by molar-refractivity contribution is -0.120. The van der Waals surface area contributed by atoms with E-state index in [0.717, 1.165) is 12.1 Å². The van der Waals surface area contributed by atoms with Crippen molar-refractivity contribution in [2.24, 2.45) is 0 Å². The van der Waals surface area contributed by atoms with Gasteiger partial charge in [0.1, 0.15) is 0 Å². The number of tetrazole rings is 1. The number of hydrogen-bond donors (Lipinski definition) is 1. The van der Waals surface area contributed by atoms with Gasteiger partial charge in [-0.1, -0.05) is 29.5 Å². The van der Waals surface area contributed by atoms with Crippen molar-refractivity contribution >= 4 is 17.7 Å². The smallest absolute Gasteiger partial charge is 0.233 e. The Morgan fingerprint density at radius 3 is 2.83 bits per heavy atom. The van der Waals surface area contributed by atoms with Gasteiger partial charge in [0, 0.05) is 19.8 Å². The average Bonchev–Trinajstić information content (AvgIpc) is 3.03. The maximum atomic E-state index is 12.1. The molecular formula is C16H23N5O2S. The molecule has 2 aromatic rings. The topological polar surface area (TPSA) is 81.9 Å². The third kappa shape index (κ3) is 5.31. The van der Waals surface area contributed by atoms with Crippen molar-refractivity contribution in [2.75, 3.05) is 19.8 Å². The van der Waals surface area contributed by atoms with E-state index in [4.69, 9.17) is 4.74 Å². The van der Waals surface area contributed by atoms with Gasteiger partial charge in [-0.15, -0.1) is 5.10 Å². The molecule has 24 heavy (non-hydrogen) atoms. The van der Waals surface area contributed by atoms with Crippen LogP contribution in [0.15, 0.2) is 29.4 Å². The predicted octanol–water partition coefficient (Wildman–Crippen LogP) is 1.99. The van der Waals surface area contributed by atoms with Crippen molar-refractivity contribution in [3.8, 4) is 5.69 Å². The number of aromatic nitrogens is 4. The number of carbonyl (C=O) groups is 1. The van der Waals surface area contributed by atoms with Gasteiger partial charge in [0.25, 0.3) is 0 Å². The number of rotatable bonds is 9. The Bertz CT molecular complexity index is 644. The summed E-state index contributed by atoms with van der Waals surface area (Å²) in [6, 6.07) is 7.91. The third-order valence-corrected chi connectivity index (χ3v) is 4.37. The zero-order chi connectivity index (χ0) is 17.4. The van der Waals surface area contributed by atoms with E-state index in [0.29, 0.717) is 24.9 Å². The van der Waals surface area contributed by atoms with Gasteiger partial charge in [0.15, 0.2) is 0 Å². The molecule has 0 radical (unpaired) electrons. The van der Waals surface area contributed by atoms with Crippen molar-refractivity contribution in [1.29, 1.82) is 0 Å². The Labute approximate surface area is 146 Å². The van der Waals surface area contributed by atoms with Crippen molar-refractivity contribution in [3.63, 3.8) is 0 Å². The monoisotopic (exact) mass is 349 g/mol. The summed E-state index contributed by atoms with van der Waals surface area (Å²) in [5.74, 6) is -0.0324. The Morgan fingerprint density at radius 2 is 2.12 bits per heavy atom. The third-order valence-electron chi connectivity index (χ3n) is 3.34. The maximum absolute atomic E-state index is 12.1. The Hall–Kier alpha value is -1.93. The number of ether oxygens (including phenoxy) is 1. The van der Waals surface area contributed by atoms with E-state index < -0.39 is 0 Å². The van der Waals surface area contributed by atoms with E-state index in [1.807, 2.05) is 45.0 Å². The van der Waals surface area contributed by atoms with Crippen LogP contribution in [0.25, 0.3) is 5.69 Å². The molecule has 1 atom stereocenters. The highest BCUT2D eigenvalue weighted by Gasteiger charge is 2.18. The van der Waals surface area contributed by atoms with E-state index in [1.54, 1.807) is 4.68 Å². The second kappa shape index (κ2) is 9.39. The Balaban J connectivity index is 1.90. The van der Waals surface area contributed by atoms with Gasteiger partial charge in [-0.25, -0.2) is 0 Å². The van der Waals surface area contributed by atoms with E-state index in [1.165, 1.54) is 17.3 Å². The molecule has 1 aromatic carbocycles. The van der Waals surface area contributed by atoms with Gasteiger partial charge in [-0.2, -0.15) is 4.68 Å². The summed E-state index contributed by atoms with van der Waals surface area (Å²) in [6.45, 7) is 7.78. The molecular weight excluding hydrogens is 326 g/mol. The summed E-state index contributed by atoms with van der Waals surface area (Å²) in [4.78, 5) is 12.1. The quantitative estimate of drug-likeness (QED) is 0.551. The first-order chi connectivity index (χ1) is 11.6. The van der Waals surface area contributed by atoms with E-state index in [9.17, 15) is 4.79 Å². The molecule has 0 aliphatic rings. The first-order valence-corrected chi connectivity index (χ1v) is 8.87. The summed E-state index contributed by atoms with van der Waals surface area (Å²) in [5, 5.41) is 15.0. The van der Waals surface area contributed by atoms with Gasteiger partial charge < -0.3 is 10.1 Å². The van der Waals surface area contributed by atoms with Gasteiger partial charge in [0.05, 0.1) is 10.9 Å². The molecule has 7 nitrogen and oxygen atoms in total. The van der Waals surface area contributed by atoms with Crippen LogP contribution in [-0.4, -0.2) is 51.1 Å². The number of nitrogens with one attached hydrogen (secondary N) is 1. The number of carbonyl (C=O) groups excluding carboxylic acids is 1. The fraction of sp³-hybridized carbons (Fsp3) is 0.500. The molecule has 0 aliphatic heterocycles. The minimum absolute atomic E-state index is 0.0324. The molecule has 1 N–H and O–H groups in total. The Kier molecular flexibility index (Phi) is 7.20. The molecule has 0 fully saturated rings. The molecule has 1 heterocycles. The summed E-state index contributed by atoms with van der Waals surface area (Å²) >= 11 is 1.34. The van der Waals surface area contributed by atoms with Gasteiger partial charge in [-0.3, -0.25) is 4.79 Å². The van der Waals surface area contributed by atoms with Crippen molar-refractivity contribution in [3.05, 3.63) is 29.8 Å². The molecule has 0 aliphatic carbocycles. The molecule has 0 saturated carbocycles. The molecule has 1 amide bonds. The van der Waals surface area contributed by atoms with Crippen LogP contribution >= 0.6 is 11.8 Å². The number of benzene rings is 1. The standard InChI is InChI=1S/C16H23N5O2S/c1-4-23-11-5-10-17-15(22)13(3)24-16-18-19-20-21(16)14-8-6-12(2)7-9-14/h6-9,13H,4-5,10-11H2,1-3H3,(H,17,22). The maximum Gasteiger partial charge on any atom is 0.233 e. The highest BCUT2D eigenvalue weighted by molar-refractivity contribution is 8.00. The highest BCUT2D eigenvalue weighted by atomic mass is 32.2. The van der Waals surface area contributed by atoms with Crippen molar-refractivity contribution < 1.29 is 9.53 Å². The van der Waals surface area contributed by atoms with Crippen LogP contribution in [0.5, 0.6) is 0 Å². The van der Waals surface area contributed by atoms with Crippen molar-refractivity contribution in [2.45, 2.75) is 37.6 Å². The van der Waals surface area contributed by atoms with Crippen molar-refractivity contribution in [1.82, 2.24) is 25.5 Å². The molecule has 8 heteroatoms. The molecule has 0 spiro atoms. The number of amides is 1. The highest BCUT2D eigenvalue weighted by Crippen LogP contribution is 2.23. The van der Waals surface area contributed by atoms with E-state index in [2.05, 4.69) is 20.8 Å². The number of hydrogen-bond acceptors (Lipinski definition) is 6. The normalized spacial score (nSPS) is 12.1. The van der Waals surface area contributed by atoms with Crippen LogP contribution in [0.4, 0.5) is 0 Å². The molecule has 0 bridgehead atoms. The minimum atomic E-state index is -0.285. The lowest BCUT2D eigenvalue weighted by atomic mass is 10.2. The summed E-state index contributed by atoms with van der Waals surface area (Å²) in [5.41, 5.74) is 2.04. The van der Waals surface area contributed by atoms with Crippen LogP contribution in [0.3, 0.4) is 0 Å². The Morgan fingerprint density at radius 1 is 1.38 bits per heavy atom. The molecule has 130 valence electrons. The van der Waals surface area contributed by atoms with Crippen LogP contribution in [0, 0.1) is 6.92 Å². The SMILES string of the molecule is CCOCCCNC(=O)C(C)Sc1nnnn1-c1ccc(C)cc1. The summed E-state index contributed by atoms with van der Waals surface area (Å²) < 4.78 is 6.89. The molecule has 1 unspecified atom stereocenters. The van der Waals surface area contributed by atoms with Crippen LogP contribution < -0.4 is 5.32 Å². The average molecular weight is 349 g/mol. The van der Waals surface area contributed by atoms with Gasteiger partial charge >= 0.3 is 0 Å². The van der Waals surface area contributed by atoms with Gasteiger partial charge in [-0.05, 0) is 49.8 Å². The summed E-state index contributed by atoms with van der Waals surface area (Å²) in [6.07, 6.45) is 0.804. The second-order valence-electron chi connectivity index (χ2n) is 5.31. The number of thioether (sulfide) groups is 1. The fourth-order valence-electron chi connectivity index (χ4n) is 1.99. The lowest BCUT2D eigenvalue weighted by Crippen LogP contribution is -2.32. The van der Waals surface area contributed by atoms with E-state index >= 15 is 0 Å². The summed E-state index contributed by atoms with van der Waals surface area (Å²) in [7, 11) is 0. The zero-order valence-electron chi connectivity index (χ0n) is 14.2. The zero-order valence-corrected chi connectivity index (χ0v) is 15.0. The second-order valence-corrected chi connectivity index (χ2v) is 6.62. The number of aryl methyl sites for hydroxylation is 1. The molecule has 0 saturated heterocycles. The molecule has 2 rings (SSSR count). The number of nitrogens with zero attached hydrogens (tertiary/aromatic N) is 4. The molecule has 1 aromatic heterocycles. The van der Waals surface area contributed by atoms with Crippen LogP contribution in [0.1, 0.15) is 25.8 Å². The lowest BCUT2D eigenvalue weighted by Gasteiger charge is -2.11. The minimum Gasteiger partial charge on any atom is -0.382 e.